The van der Waals surface area contributed by atoms with Crippen molar-refractivity contribution in [2.24, 2.45) is 0 Å². The Morgan fingerprint density at radius 3 is 2.11 bits per heavy atom. The Labute approximate surface area is 98.5 Å². The Morgan fingerprint density at radius 1 is 1.44 bits per heavy atom. The predicted molar refractivity (Wildman–Crippen MR) is 62.1 cm³/mol. The van der Waals surface area contributed by atoms with Gasteiger partial charge in [-0.1, -0.05) is 0 Å². The molecule has 1 aromatic heterocycles. The van der Waals surface area contributed by atoms with Gasteiger partial charge in [0.25, 0.3) is 0 Å². The first-order chi connectivity index (χ1) is 4.13. The van der Waals surface area contributed by atoms with Crippen molar-refractivity contribution in [1.29, 1.82) is 0 Å². The first-order valence-corrected chi connectivity index (χ1v) is 5.38. The molecule has 0 amide bonds. The zero-order valence-electron chi connectivity index (χ0n) is 3.91. The normalized spacial score (nSPS) is 10.2. The van der Waals surface area contributed by atoms with Crippen molar-refractivity contribution >= 4 is 79.6 Å². The molecule has 1 aromatic rings. The summed E-state index contributed by atoms with van der Waals surface area (Å²) in [4.78, 5) is 4.01. The maximum Gasteiger partial charge on any atom is 0.213 e. The summed E-state index contributed by atoms with van der Waals surface area (Å²) in [6, 6.07) is 0. The molecule has 1 rings (SSSR count). The lowest BCUT2D eigenvalue weighted by Gasteiger charge is -1.87. The van der Waals surface area contributed by atoms with E-state index in [2.05, 4.69) is 73.0 Å². The highest BCUT2D eigenvalue weighted by Crippen LogP contribution is 2.21. The molecular weight excluding hydrogens is 480 g/mol. The number of halogens is 4. The molecule has 0 N–H and O–H groups in total. The van der Waals surface area contributed by atoms with E-state index in [0.717, 1.165) is 7.40 Å². The maximum atomic E-state index is 5.67. The van der Waals surface area contributed by atoms with Gasteiger partial charge in [0, 0.05) is 0 Å². The molecule has 50 valence electrons. The van der Waals surface area contributed by atoms with Crippen LogP contribution in [0.3, 0.4) is 0 Å². The first-order valence-electron chi connectivity index (χ1n) is 1.88. The minimum Gasteiger partial charge on any atom is -0.248 e. The van der Waals surface area contributed by atoms with Crippen LogP contribution in [0.4, 0.5) is 0 Å². The summed E-state index contributed by atoms with van der Waals surface area (Å²) in [6.45, 7) is 0. The summed E-state index contributed by atoms with van der Waals surface area (Å²) in [6.07, 6.45) is 0. The van der Waals surface area contributed by atoms with Crippen LogP contribution in [0.15, 0.2) is 0 Å². The van der Waals surface area contributed by atoms with Crippen LogP contribution in [-0.2, 0) is 0 Å². The molecule has 0 aliphatic carbocycles. The van der Waals surface area contributed by atoms with Gasteiger partial charge in [-0.25, -0.2) is 7.76 Å². The van der Waals surface area contributed by atoms with E-state index in [4.69, 9.17) is 11.6 Å². The Morgan fingerprint density at radius 2 is 2.00 bits per heavy atom. The summed E-state index contributed by atoms with van der Waals surface area (Å²) in [5.74, 6) is 0. The van der Waals surface area contributed by atoms with Gasteiger partial charge in [0.2, 0.25) is 5.28 Å². The van der Waals surface area contributed by atoms with E-state index < -0.39 is 0 Å². The predicted octanol–water partition coefficient (Wildman–Crippen LogP) is 2.94. The van der Waals surface area contributed by atoms with E-state index in [1.807, 2.05) is 2.78 Å². The van der Waals surface area contributed by atoms with E-state index in [9.17, 15) is 0 Å². The molecule has 0 radical (unpaired) electrons. The molecule has 0 aromatic carbocycles. The Hall–Kier alpha value is 1.69. The molecule has 0 spiro atoms. The van der Waals surface area contributed by atoms with Crippen LogP contribution >= 0.6 is 79.6 Å². The molecule has 0 unspecified atom stereocenters. The van der Waals surface area contributed by atoms with E-state index in [0.29, 0.717) is 5.28 Å². The molecule has 0 bridgehead atoms. The Bertz CT molecular complexity index is 211. The second-order valence-electron chi connectivity index (χ2n) is 1.24. The fourth-order valence-electron chi connectivity index (χ4n) is 0.333. The summed E-state index contributed by atoms with van der Waals surface area (Å²) in [5.41, 5.74) is 0. The molecule has 0 atom stereocenters. The average molecular weight is 480 g/mol. The fourth-order valence-corrected chi connectivity index (χ4v) is 2.40. The van der Waals surface area contributed by atoms with Crippen molar-refractivity contribution in [3.8, 4) is 0 Å². The monoisotopic (exact) mass is 480 g/mol. The SMILES string of the molecule is Clc1nc(I)c(I)n1I. The highest BCUT2D eigenvalue weighted by atomic mass is 127. The number of nitrogens with zero attached hydrogens (tertiary/aromatic N) is 2. The number of aromatic nitrogens is 2. The van der Waals surface area contributed by atoms with Crippen LogP contribution in [0.5, 0.6) is 0 Å². The van der Waals surface area contributed by atoms with Gasteiger partial charge in [-0.05, 0) is 56.8 Å². The lowest BCUT2D eigenvalue weighted by atomic mass is 11.0. The van der Waals surface area contributed by atoms with Gasteiger partial charge >= 0.3 is 0 Å². The summed E-state index contributed by atoms with van der Waals surface area (Å²) in [5, 5.41) is 0.532. The molecule has 1 heterocycles. The Balaban J connectivity index is 3.29. The average Bonchev–Trinajstić information content (AvgIpc) is 1.98. The van der Waals surface area contributed by atoms with Gasteiger partial charge in [-0.2, -0.15) is 0 Å². The van der Waals surface area contributed by atoms with Crippen molar-refractivity contribution in [2.75, 3.05) is 0 Å². The van der Waals surface area contributed by atoms with E-state index in [-0.39, 0.29) is 0 Å². The molecular formula is C3ClI3N2. The summed E-state index contributed by atoms with van der Waals surface area (Å²) < 4.78 is 3.83. The smallest absolute Gasteiger partial charge is 0.213 e. The quantitative estimate of drug-likeness (QED) is 0.523. The molecule has 0 aliphatic rings. The van der Waals surface area contributed by atoms with Crippen molar-refractivity contribution in [3.63, 3.8) is 0 Å². The number of rotatable bonds is 0. The molecule has 0 saturated heterocycles. The summed E-state index contributed by atoms with van der Waals surface area (Å²) in [7, 11) is 0. The first kappa shape index (κ1) is 8.78. The molecule has 6 heteroatoms. The largest absolute Gasteiger partial charge is 0.248 e. The van der Waals surface area contributed by atoms with Crippen LogP contribution in [-0.4, -0.2) is 7.76 Å². The zero-order chi connectivity index (χ0) is 7.02. The molecule has 2 nitrogen and oxygen atoms in total. The molecule has 0 aliphatic heterocycles. The van der Waals surface area contributed by atoms with Gasteiger partial charge in [-0.3, -0.25) is 0 Å². The molecule has 0 saturated carbocycles. The van der Waals surface area contributed by atoms with Crippen LogP contribution in [0.25, 0.3) is 0 Å². The lowest BCUT2D eigenvalue weighted by molar-refractivity contribution is 1.26. The van der Waals surface area contributed by atoms with Gasteiger partial charge in [0.1, 0.15) is 7.40 Å². The maximum absolute atomic E-state index is 5.67. The Kier molecular flexibility index (Phi) is 3.31. The minimum atomic E-state index is 0.532. The van der Waals surface area contributed by atoms with Crippen LogP contribution in [0, 0.1) is 7.40 Å². The molecule has 9 heavy (non-hydrogen) atoms. The van der Waals surface area contributed by atoms with Crippen LogP contribution in [0.2, 0.25) is 5.28 Å². The second-order valence-corrected chi connectivity index (χ2v) is 4.59. The second kappa shape index (κ2) is 3.39. The van der Waals surface area contributed by atoms with Crippen LogP contribution < -0.4 is 0 Å². The van der Waals surface area contributed by atoms with Crippen LogP contribution in [0.1, 0.15) is 0 Å². The van der Waals surface area contributed by atoms with E-state index >= 15 is 0 Å². The number of hydrogen-bond donors (Lipinski definition) is 0. The van der Waals surface area contributed by atoms with E-state index in [1.165, 1.54) is 0 Å². The van der Waals surface area contributed by atoms with Crippen molar-refractivity contribution in [1.82, 2.24) is 7.76 Å². The van der Waals surface area contributed by atoms with Gasteiger partial charge in [0.05, 0.1) is 22.9 Å². The van der Waals surface area contributed by atoms with Crippen molar-refractivity contribution in [3.05, 3.63) is 12.7 Å². The van der Waals surface area contributed by atoms with Crippen molar-refractivity contribution in [2.45, 2.75) is 0 Å². The van der Waals surface area contributed by atoms with Gasteiger partial charge in [-0.15, -0.1) is 0 Å². The third-order valence-corrected chi connectivity index (χ3v) is 5.87. The van der Waals surface area contributed by atoms with Crippen molar-refractivity contribution < 1.29 is 0 Å². The number of hydrogen-bond acceptors (Lipinski definition) is 1. The third-order valence-electron chi connectivity index (χ3n) is 0.695. The number of imidazole rings is 1. The third kappa shape index (κ3) is 1.83. The summed E-state index contributed by atoms with van der Waals surface area (Å²) >= 11 is 12.1. The highest BCUT2D eigenvalue weighted by Gasteiger charge is 2.07. The molecule has 0 fully saturated rings. The fraction of sp³-hybridized carbons (Fsp3) is 0. The lowest BCUT2D eigenvalue weighted by Crippen LogP contribution is -1.80. The minimum absolute atomic E-state index is 0.532. The topological polar surface area (TPSA) is 17.8 Å². The van der Waals surface area contributed by atoms with E-state index in [1.54, 1.807) is 0 Å². The zero-order valence-corrected chi connectivity index (χ0v) is 11.1. The van der Waals surface area contributed by atoms with Gasteiger partial charge in [0.15, 0.2) is 0 Å². The standard InChI is InChI=1S/C3ClI3N2/c4-3-8-1(5)2(6)9(3)7. The van der Waals surface area contributed by atoms with Gasteiger partial charge < -0.3 is 0 Å². The highest BCUT2D eigenvalue weighted by molar-refractivity contribution is 14.1.